The average Bonchev–Trinajstić information content (AvgIpc) is 2.44. The van der Waals surface area contributed by atoms with E-state index in [4.69, 9.17) is 23.2 Å². The third-order valence-corrected chi connectivity index (χ3v) is 3.71. The number of carbonyl (C=O) groups is 1. The number of nitrogens with one attached hydrogen (secondary N) is 1. The van der Waals surface area contributed by atoms with Gasteiger partial charge in [0, 0.05) is 19.8 Å². The summed E-state index contributed by atoms with van der Waals surface area (Å²) >= 11 is 12.3. The van der Waals surface area contributed by atoms with Gasteiger partial charge in [-0.1, -0.05) is 47.5 Å². The van der Waals surface area contributed by atoms with Gasteiger partial charge in [0.05, 0.1) is 22.2 Å². The van der Waals surface area contributed by atoms with Crippen molar-refractivity contribution < 1.29 is 4.79 Å². The molecule has 2 aromatic carbocycles. The minimum atomic E-state index is 0.0366. The number of hydrogen-bond acceptors (Lipinski definition) is 2. The van der Waals surface area contributed by atoms with Gasteiger partial charge in [0.2, 0.25) is 5.91 Å². The molecule has 0 saturated carbocycles. The smallest absolute Gasteiger partial charge is 0.226 e. The molecular weight excluding hydrogens is 307 g/mol. The van der Waals surface area contributed by atoms with E-state index in [0.29, 0.717) is 22.2 Å². The molecule has 1 N–H and O–H groups in total. The lowest BCUT2D eigenvalue weighted by Gasteiger charge is -2.16. The summed E-state index contributed by atoms with van der Waals surface area (Å²) < 4.78 is 0. The molecule has 0 aliphatic rings. The Hall–Kier alpha value is -1.71. The zero-order valence-corrected chi connectivity index (χ0v) is 13.4. The highest BCUT2D eigenvalue weighted by molar-refractivity contribution is 6.39. The molecule has 0 spiro atoms. The highest BCUT2D eigenvalue weighted by Crippen LogP contribution is 2.33. The second-order valence-electron chi connectivity index (χ2n) is 4.84. The highest BCUT2D eigenvalue weighted by Gasteiger charge is 2.12. The number of likely N-dealkylation sites (N-methyl/N-ethyl adjacent to an activating group) is 1. The Bertz CT molecular complexity index is 636. The normalized spacial score (nSPS) is 10.3. The van der Waals surface area contributed by atoms with Gasteiger partial charge in [-0.15, -0.1) is 0 Å². The van der Waals surface area contributed by atoms with E-state index in [2.05, 4.69) is 5.32 Å². The summed E-state index contributed by atoms with van der Waals surface area (Å²) in [6.45, 7) is 0. The minimum absolute atomic E-state index is 0.0366. The van der Waals surface area contributed by atoms with Gasteiger partial charge in [-0.2, -0.15) is 0 Å². The van der Waals surface area contributed by atoms with Gasteiger partial charge in [0.25, 0.3) is 0 Å². The number of anilines is 2. The van der Waals surface area contributed by atoms with Crippen molar-refractivity contribution >= 4 is 40.5 Å². The van der Waals surface area contributed by atoms with Gasteiger partial charge in [0.15, 0.2) is 0 Å². The molecule has 110 valence electrons. The van der Waals surface area contributed by atoms with Crippen LogP contribution in [0.5, 0.6) is 0 Å². The Kier molecular flexibility index (Phi) is 5.10. The molecule has 2 aromatic rings. The van der Waals surface area contributed by atoms with Crippen molar-refractivity contribution in [2.45, 2.75) is 6.42 Å². The summed E-state index contributed by atoms with van der Waals surface area (Å²) in [4.78, 5) is 13.5. The molecule has 0 aliphatic carbocycles. The zero-order chi connectivity index (χ0) is 15.4. The number of benzene rings is 2. The van der Waals surface area contributed by atoms with Crippen molar-refractivity contribution in [3.8, 4) is 0 Å². The molecule has 0 saturated heterocycles. The molecule has 0 radical (unpaired) electrons. The maximum atomic E-state index is 11.9. The summed E-state index contributed by atoms with van der Waals surface area (Å²) in [5, 5.41) is 4.30. The van der Waals surface area contributed by atoms with E-state index in [0.717, 1.165) is 11.3 Å². The topological polar surface area (TPSA) is 32.3 Å². The van der Waals surface area contributed by atoms with Gasteiger partial charge in [-0.05, 0) is 23.8 Å². The first-order valence-electron chi connectivity index (χ1n) is 6.48. The van der Waals surface area contributed by atoms with Crippen LogP contribution in [0.25, 0.3) is 0 Å². The van der Waals surface area contributed by atoms with E-state index in [1.165, 1.54) is 0 Å². The molecule has 0 bridgehead atoms. The van der Waals surface area contributed by atoms with Gasteiger partial charge < -0.3 is 10.2 Å². The van der Waals surface area contributed by atoms with E-state index in [9.17, 15) is 4.79 Å². The minimum Gasteiger partial charge on any atom is -0.353 e. The van der Waals surface area contributed by atoms with E-state index in [1.54, 1.807) is 37.2 Å². The molecular formula is C16H16Cl2N2O. The lowest BCUT2D eigenvalue weighted by molar-refractivity contribution is -0.127. The highest BCUT2D eigenvalue weighted by atomic mass is 35.5. The lowest BCUT2D eigenvalue weighted by atomic mass is 10.1. The van der Waals surface area contributed by atoms with E-state index >= 15 is 0 Å². The van der Waals surface area contributed by atoms with Crippen LogP contribution in [0, 0.1) is 0 Å². The molecule has 0 aliphatic heterocycles. The molecule has 0 heterocycles. The van der Waals surface area contributed by atoms with Crippen LogP contribution in [0.4, 0.5) is 11.4 Å². The quantitative estimate of drug-likeness (QED) is 0.906. The fraction of sp³-hybridized carbons (Fsp3) is 0.188. The largest absolute Gasteiger partial charge is 0.353 e. The van der Waals surface area contributed by atoms with Crippen LogP contribution in [0.1, 0.15) is 5.56 Å². The number of hydrogen-bond donors (Lipinski definition) is 1. The van der Waals surface area contributed by atoms with Crippen molar-refractivity contribution in [3.05, 3.63) is 58.1 Å². The van der Waals surface area contributed by atoms with Crippen LogP contribution < -0.4 is 5.32 Å². The summed E-state index contributed by atoms with van der Waals surface area (Å²) in [6, 6.07) is 12.9. The molecule has 5 heteroatoms. The van der Waals surface area contributed by atoms with Crippen LogP contribution in [-0.4, -0.2) is 24.9 Å². The first-order chi connectivity index (χ1) is 9.99. The zero-order valence-electron chi connectivity index (χ0n) is 11.9. The third-order valence-electron chi connectivity index (χ3n) is 3.08. The monoisotopic (exact) mass is 322 g/mol. The van der Waals surface area contributed by atoms with E-state index in [-0.39, 0.29) is 5.91 Å². The van der Waals surface area contributed by atoms with Gasteiger partial charge in [0.1, 0.15) is 0 Å². The Morgan fingerprint density at radius 1 is 1.05 bits per heavy atom. The second-order valence-corrected chi connectivity index (χ2v) is 5.66. The first kappa shape index (κ1) is 15.7. The second kappa shape index (κ2) is 6.83. The summed E-state index contributed by atoms with van der Waals surface area (Å²) in [5.41, 5.74) is 2.36. The van der Waals surface area contributed by atoms with E-state index < -0.39 is 0 Å². The predicted octanol–water partition coefficient (Wildman–Crippen LogP) is 4.37. The van der Waals surface area contributed by atoms with Crippen LogP contribution in [0.15, 0.2) is 42.5 Å². The molecule has 3 nitrogen and oxygen atoms in total. The van der Waals surface area contributed by atoms with Crippen LogP contribution in [0.2, 0.25) is 10.0 Å². The number of nitrogens with zero attached hydrogens (tertiary/aromatic N) is 1. The Balaban J connectivity index is 2.31. The molecule has 0 aromatic heterocycles. The number of halogens is 2. The summed E-state index contributed by atoms with van der Waals surface area (Å²) in [6.07, 6.45) is 0.318. The SMILES string of the molecule is CN(C)C(=O)Cc1ccccc1Nc1c(Cl)cccc1Cl. The van der Waals surface area contributed by atoms with Gasteiger partial charge in [-0.3, -0.25) is 4.79 Å². The predicted molar refractivity (Wildman–Crippen MR) is 88.6 cm³/mol. The van der Waals surface area contributed by atoms with E-state index in [1.807, 2.05) is 24.3 Å². The average molecular weight is 323 g/mol. The number of rotatable bonds is 4. The molecule has 2 rings (SSSR count). The number of para-hydroxylation sites is 2. The Labute approximate surface area is 134 Å². The first-order valence-corrected chi connectivity index (χ1v) is 7.23. The van der Waals surface area contributed by atoms with Gasteiger partial charge in [-0.25, -0.2) is 0 Å². The molecule has 0 atom stereocenters. The van der Waals surface area contributed by atoms with Crippen molar-refractivity contribution in [2.24, 2.45) is 0 Å². The molecule has 0 unspecified atom stereocenters. The third kappa shape index (κ3) is 3.90. The number of carbonyl (C=O) groups excluding carboxylic acids is 1. The van der Waals surface area contributed by atoms with Gasteiger partial charge >= 0.3 is 0 Å². The van der Waals surface area contributed by atoms with Crippen molar-refractivity contribution in [1.29, 1.82) is 0 Å². The maximum Gasteiger partial charge on any atom is 0.226 e. The summed E-state index contributed by atoms with van der Waals surface area (Å²) in [5.74, 6) is 0.0366. The Morgan fingerprint density at radius 2 is 1.67 bits per heavy atom. The van der Waals surface area contributed by atoms with Crippen LogP contribution in [-0.2, 0) is 11.2 Å². The van der Waals surface area contributed by atoms with Crippen LogP contribution >= 0.6 is 23.2 Å². The maximum absolute atomic E-state index is 11.9. The van der Waals surface area contributed by atoms with Crippen molar-refractivity contribution in [2.75, 3.05) is 19.4 Å². The molecule has 0 fully saturated rings. The fourth-order valence-electron chi connectivity index (χ4n) is 1.87. The molecule has 1 amide bonds. The molecule has 21 heavy (non-hydrogen) atoms. The van der Waals surface area contributed by atoms with Crippen molar-refractivity contribution in [3.63, 3.8) is 0 Å². The number of amides is 1. The fourth-order valence-corrected chi connectivity index (χ4v) is 2.36. The summed E-state index contributed by atoms with van der Waals surface area (Å²) in [7, 11) is 3.48. The Morgan fingerprint density at radius 3 is 2.29 bits per heavy atom. The van der Waals surface area contributed by atoms with Crippen molar-refractivity contribution in [1.82, 2.24) is 4.90 Å². The van der Waals surface area contributed by atoms with Crippen LogP contribution in [0.3, 0.4) is 0 Å². The lowest BCUT2D eigenvalue weighted by Crippen LogP contribution is -2.23. The standard InChI is InChI=1S/C16H16Cl2N2O/c1-20(2)15(21)10-11-6-3-4-9-14(11)19-16-12(17)7-5-8-13(16)18/h3-9,19H,10H2,1-2H3.